The number of ether oxygens (including phenoxy) is 1. The van der Waals surface area contributed by atoms with E-state index in [9.17, 15) is 23.9 Å². The van der Waals surface area contributed by atoms with Gasteiger partial charge in [-0.3, -0.25) is 14.4 Å². The number of carboxylic acids is 1. The van der Waals surface area contributed by atoms with Gasteiger partial charge in [-0.15, -0.1) is 0 Å². The number of carbonyl (C=O) groups excluding carboxylic acids is 2. The van der Waals surface area contributed by atoms with Crippen LogP contribution in [0.2, 0.25) is 10.0 Å². The first-order chi connectivity index (χ1) is 20.2. The molecular formula is C32H31Cl2FN2O5. The molecule has 3 aromatic carbocycles. The topological polar surface area (TPSA) is 87.2 Å². The number of amides is 2. The SMILES string of the molecule is CCC[C@H](C(=O)N1CC(C(=O)O)C1)N1C(=O)[C@H](Cc2ccc(F)cc2)O[C@@H](c2ccc(Cl)cc2)[C@H]1c1ccc(Cl)cc1. The number of morpholine rings is 1. The van der Waals surface area contributed by atoms with Gasteiger partial charge in [-0.25, -0.2) is 4.39 Å². The van der Waals surface area contributed by atoms with Crippen molar-refractivity contribution in [3.05, 3.63) is 105 Å². The lowest BCUT2D eigenvalue weighted by Crippen LogP contribution is -2.63. The number of hydrogen-bond donors (Lipinski definition) is 1. The Morgan fingerprint density at radius 2 is 1.52 bits per heavy atom. The normalized spacial score (nSPS) is 21.6. The average molecular weight is 614 g/mol. The first-order valence-electron chi connectivity index (χ1n) is 13.9. The summed E-state index contributed by atoms with van der Waals surface area (Å²) in [6, 6.07) is 18.6. The minimum atomic E-state index is -0.963. The molecule has 2 heterocycles. The number of hydrogen-bond acceptors (Lipinski definition) is 4. The quantitative estimate of drug-likeness (QED) is 0.316. The molecule has 1 N–H and O–H groups in total. The van der Waals surface area contributed by atoms with E-state index in [0.717, 1.165) is 11.1 Å². The summed E-state index contributed by atoms with van der Waals surface area (Å²) in [7, 11) is 0. The van der Waals surface area contributed by atoms with Crippen molar-refractivity contribution in [2.45, 2.75) is 50.5 Å². The van der Waals surface area contributed by atoms with Crippen molar-refractivity contribution in [2.75, 3.05) is 13.1 Å². The number of rotatable bonds is 9. The highest BCUT2D eigenvalue weighted by Gasteiger charge is 2.50. The highest BCUT2D eigenvalue weighted by Crippen LogP contribution is 2.45. The predicted octanol–water partition coefficient (Wildman–Crippen LogP) is 6.10. The molecule has 220 valence electrons. The van der Waals surface area contributed by atoms with Crippen molar-refractivity contribution in [1.82, 2.24) is 9.80 Å². The van der Waals surface area contributed by atoms with Crippen LogP contribution in [0.4, 0.5) is 4.39 Å². The Balaban J connectivity index is 1.60. The summed E-state index contributed by atoms with van der Waals surface area (Å²) < 4.78 is 20.2. The molecule has 0 saturated carbocycles. The largest absolute Gasteiger partial charge is 0.481 e. The van der Waals surface area contributed by atoms with E-state index >= 15 is 0 Å². The summed E-state index contributed by atoms with van der Waals surface area (Å²) >= 11 is 12.4. The van der Waals surface area contributed by atoms with E-state index in [2.05, 4.69) is 0 Å². The number of benzene rings is 3. The predicted molar refractivity (Wildman–Crippen MR) is 157 cm³/mol. The third kappa shape index (κ3) is 6.31. The summed E-state index contributed by atoms with van der Waals surface area (Å²) in [5.41, 5.74) is 2.20. The Morgan fingerprint density at radius 1 is 0.952 bits per heavy atom. The summed E-state index contributed by atoms with van der Waals surface area (Å²) in [4.78, 5) is 43.0. The van der Waals surface area contributed by atoms with Gasteiger partial charge in [-0.2, -0.15) is 0 Å². The molecule has 10 heteroatoms. The van der Waals surface area contributed by atoms with Gasteiger partial charge < -0.3 is 19.6 Å². The zero-order valence-electron chi connectivity index (χ0n) is 23.0. The maximum Gasteiger partial charge on any atom is 0.310 e. The Bertz CT molecular complexity index is 1430. The molecule has 0 aromatic heterocycles. The van der Waals surface area contributed by atoms with Crippen LogP contribution >= 0.6 is 23.2 Å². The lowest BCUT2D eigenvalue weighted by atomic mass is 9.88. The van der Waals surface area contributed by atoms with Crippen molar-refractivity contribution in [3.63, 3.8) is 0 Å². The number of aliphatic carboxylic acids is 1. The molecule has 7 nitrogen and oxygen atoms in total. The molecule has 0 bridgehead atoms. The number of halogens is 3. The maximum absolute atomic E-state index is 14.4. The second kappa shape index (κ2) is 12.8. The molecular weight excluding hydrogens is 582 g/mol. The third-order valence-corrected chi connectivity index (χ3v) is 8.40. The lowest BCUT2D eigenvalue weighted by Gasteiger charge is -2.49. The molecule has 5 rings (SSSR count). The van der Waals surface area contributed by atoms with Crippen LogP contribution in [-0.4, -0.2) is 57.9 Å². The fraction of sp³-hybridized carbons (Fsp3) is 0.344. The Kier molecular flexibility index (Phi) is 9.16. The van der Waals surface area contributed by atoms with E-state index in [1.165, 1.54) is 17.0 Å². The number of nitrogens with zero attached hydrogens (tertiary/aromatic N) is 2. The van der Waals surface area contributed by atoms with Crippen LogP contribution in [0.1, 0.15) is 48.6 Å². The fourth-order valence-electron chi connectivity index (χ4n) is 5.67. The van der Waals surface area contributed by atoms with Crippen LogP contribution in [0.5, 0.6) is 0 Å². The molecule has 0 unspecified atom stereocenters. The Labute approximate surface area is 253 Å². The van der Waals surface area contributed by atoms with Gasteiger partial charge in [-0.1, -0.05) is 72.9 Å². The van der Waals surface area contributed by atoms with Gasteiger partial charge in [0, 0.05) is 29.6 Å². The van der Waals surface area contributed by atoms with Gasteiger partial charge in [-0.05, 0) is 59.5 Å². The molecule has 2 saturated heterocycles. The molecule has 0 spiro atoms. The molecule has 0 aliphatic carbocycles. The smallest absolute Gasteiger partial charge is 0.310 e. The van der Waals surface area contributed by atoms with Gasteiger partial charge in [0.15, 0.2) is 0 Å². The van der Waals surface area contributed by atoms with Gasteiger partial charge in [0.2, 0.25) is 5.91 Å². The Morgan fingerprint density at radius 3 is 2.07 bits per heavy atom. The second-order valence-electron chi connectivity index (χ2n) is 10.8. The minimum Gasteiger partial charge on any atom is -0.481 e. The van der Waals surface area contributed by atoms with Crippen molar-refractivity contribution in [1.29, 1.82) is 0 Å². The third-order valence-electron chi connectivity index (χ3n) is 7.90. The molecule has 3 aromatic rings. The molecule has 2 aliphatic heterocycles. The monoisotopic (exact) mass is 612 g/mol. The lowest BCUT2D eigenvalue weighted by molar-refractivity contribution is -0.185. The van der Waals surface area contributed by atoms with E-state index in [1.807, 2.05) is 31.2 Å². The van der Waals surface area contributed by atoms with Crippen LogP contribution < -0.4 is 0 Å². The van der Waals surface area contributed by atoms with Gasteiger partial charge in [0.05, 0.1) is 12.0 Å². The van der Waals surface area contributed by atoms with E-state index < -0.39 is 36.2 Å². The number of carboxylic acid groups (broad SMARTS) is 1. The van der Waals surface area contributed by atoms with E-state index in [-0.39, 0.29) is 37.1 Å². The van der Waals surface area contributed by atoms with E-state index in [0.29, 0.717) is 28.5 Å². The second-order valence-corrected chi connectivity index (χ2v) is 11.6. The highest BCUT2D eigenvalue weighted by atomic mass is 35.5. The van der Waals surface area contributed by atoms with Crippen molar-refractivity contribution in [2.24, 2.45) is 5.92 Å². The standard InChI is InChI=1S/C32H31Cl2FN2O5/c1-2-3-26(30(38)36-17-22(18-36)32(40)41)37-28(20-6-10-23(33)11-7-20)29(21-8-12-24(34)13-9-21)42-27(31(37)39)16-19-4-14-25(35)15-5-19/h4-15,22,26-29H,2-3,16-18H2,1H3,(H,40,41)/t26-,27+,28-,29+/m1/s1. The van der Waals surface area contributed by atoms with Crippen molar-refractivity contribution in [3.8, 4) is 0 Å². The molecule has 2 fully saturated rings. The van der Waals surface area contributed by atoms with Crippen molar-refractivity contribution >= 4 is 41.0 Å². The molecule has 2 amide bonds. The summed E-state index contributed by atoms with van der Waals surface area (Å²) in [6.07, 6.45) is -0.486. The molecule has 42 heavy (non-hydrogen) atoms. The molecule has 0 radical (unpaired) electrons. The number of carbonyl (C=O) groups is 3. The van der Waals surface area contributed by atoms with Gasteiger partial charge in [0.1, 0.15) is 24.1 Å². The zero-order valence-corrected chi connectivity index (χ0v) is 24.5. The van der Waals surface area contributed by atoms with E-state index in [4.69, 9.17) is 27.9 Å². The van der Waals surface area contributed by atoms with Crippen LogP contribution in [0.15, 0.2) is 72.8 Å². The van der Waals surface area contributed by atoms with Crippen LogP contribution in [0, 0.1) is 11.7 Å². The summed E-state index contributed by atoms with van der Waals surface area (Å²) in [5.74, 6) is -2.63. The van der Waals surface area contributed by atoms with Gasteiger partial charge >= 0.3 is 5.97 Å². The fourth-order valence-corrected chi connectivity index (χ4v) is 5.92. The highest BCUT2D eigenvalue weighted by molar-refractivity contribution is 6.30. The van der Waals surface area contributed by atoms with Crippen LogP contribution in [0.3, 0.4) is 0 Å². The maximum atomic E-state index is 14.4. The summed E-state index contributed by atoms with van der Waals surface area (Å²) in [6.45, 7) is 2.13. The van der Waals surface area contributed by atoms with E-state index in [1.54, 1.807) is 41.3 Å². The summed E-state index contributed by atoms with van der Waals surface area (Å²) in [5, 5.41) is 10.4. The van der Waals surface area contributed by atoms with Crippen LogP contribution in [0.25, 0.3) is 0 Å². The average Bonchev–Trinajstić information content (AvgIpc) is 2.94. The first-order valence-corrected chi connectivity index (χ1v) is 14.7. The van der Waals surface area contributed by atoms with Crippen molar-refractivity contribution < 1.29 is 28.6 Å². The zero-order chi connectivity index (χ0) is 30.0. The molecule has 2 aliphatic rings. The minimum absolute atomic E-state index is 0.0954. The van der Waals surface area contributed by atoms with Crippen LogP contribution in [-0.2, 0) is 25.5 Å². The number of likely N-dealkylation sites (tertiary alicyclic amines) is 1. The first kappa shape index (κ1) is 30.0. The van der Waals surface area contributed by atoms with Gasteiger partial charge in [0.25, 0.3) is 5.91 Å². The Hall–Kier alpha value is -3.46. The molecule has 4 atom stereocenters.